The van der Waals surface area contributed by atoms with Crippen LogP contribution in [0.1, 0.15) is 51.9 Å². The largest absolute Gasteiger partial charge is 0.353 e. The van der Waals surface area contributed by atoms with Gasteiger partial charge in [0, 0.05) is 12.6 Å². The van der Waals surface area contributed by atoms with Crippen molar-refractivity contribution in [1.82, 2.24) is 10.6 Å². The zero-order valence-electron chi connectivity index (χ0n) is 11.4. The maximum Gasteiger partial charge on any atom is 0.224 e. The van der Waals surface area contributed by atoms with Gasteiger partial charge in [0.15, 0.2) is 0 Å². The summed E-state index contributed by atoms with van der Waals surface area (Å²) in [6, 6.07) is 0.467. The predicted octanol–water partition coefficient (Wildman–Crippen LogP) is 2.49. The Morgan fingerprint density at radius 2 is 2.17 bits per heavy atom. The quantitative estimate of drug-likeness (QED) is 0.809. The molecule has 106 valence electrons. The van der Waals surface area contributed by atoms with Gasteiger partial charge in [-0.2, -0.15) is 0 Å². The predicted molar refractivity (Wildman–Crippen MR) is 77.0 cm³/mol. The van der Waals surface area contributed by atoms with Crippen LogP contribution in [0.5, 0.6) is 0 Å². The minimum atomic E-state index is 0. The van der Waals surface area contributed by atoms with Crippen molar-refractivity contribution in [3.63, 3.8) is 0 Å². The van der Waals surface area contributed by atoms with Crippen molar-refractivity contribution in [2.24, 2.45) is 11.8 Å². The molecule has 18 heavy (non-hydrogen) atoms. The van der Waals surface area contributed by atoms with Gasteiger partial charge in [0.25, 0.3) is 0 Å². The Labute approximate surface area is 117 Å². The topological polar surface area (TPSA) is 41.1 Å². The van der Waals surface area contributed by atoms with E-state index in [1.54, 1.807) is 0 Å². The fraction of sp³-hybridized carbons (Fsp3) is 0.929. The molecule has 0 radical (unpaired) electrons. The van der Waals surface area contributed by atoms with Crippen molar-refractivity contribution in [3.8, 4) is 0 Å². The summed E-state index contributed by atoms with van der Waals surface area (Å²) in [5.41, 5.74) is 0. The van der Waals surface area contributed by atoms with E-state index in [4.69, 9.17) is 0 Å². The fourth-order valence-corrected chi connectivity index (χ4v) is 3.22. The molecule has 2 N–H and O–H groups in total. The number of unbranched alkanes of at least 4 members (excludes halogenated alkanes) is 1. The van der Waals surface area contributed by atoms with Crippen LogP contribution in [0.3, 0.4) is 0 Å². The van der Waals surface area contributed by atoms with Gasteiger partial charge in [-0.1, -0.05) is 26.2 Å². The number of halogens is 1. The average molecular weight is 275 g/mol. The summed E-state index contributed by atoms with van der Waals surface area (Å²) in [4.78, 5) is 12.1. The zero-order chi connectivity index (χ0) is 12.1. The van der Waals surface area contributed by atoms with Crippen LogP contribution in [-0.2, 0) is 4.79 Å². The minimum absolute atomic E-state index is 0. The van der Waals surface area contributed by atoms with E-state index in [9.17, 15) is 4.79 Å². The number of rotatable bonds is 5. The lowest BCUT2D eigenvalue weighted by Gasteiger charge is -2.22. The average Bonchev–Trinajstić information content (AvgIpc) is 2.97. The molecular formula is C14H27ClN2O. The third kappa shape index (κ3) is 4.13. The highest BCUT2D eigenvalue weighted by Crippen LogP contribution is 2.30. The number of nitrogens with one attached hydrogen (secondary N) is 2. The van der Waals surface area contributed by atoms with Gasteiger partial charge in [-0.25, -0.2) is 0 Å². The Bertz CT molecular complexity index is 254. The highest BCUT2D eigenvalue weighted by molar-refractivity contribution is 5.85. The summed E-state index contributed by atoms with van der Waals surface area (Å²) in [5, 5.41) is 6.56. The number of carbonyl (C=O) groups is 1. The van der Waals surface area contributed by atoms with Crippen LogP contribution in [0.4, 0.5) is 0 Å². The number of hydrogen-bond donors (Lipinski definition) is 2. The molecule has 0 aromatic rings. The first-order chi connectivity index (χ1) is 8.31. The van der Waals surface area contributed by atoms with E-state index in [1.807, 2.05) is 0 Å². The van der Waals surface area contributed by atoms with Gasteiger partial charge < -0.3 is 10.6 Å². The van der Waals surface area contributed by atoms with E-state index in [0.717, 1.165) is 25.4 Å². The van der Waals surface area contributed by atoms with E-state index in [1.165, 1.54) is 38.5 Å². The van der Waals surface area contributed by atoms with Crippen molar-refractivity contribution in [3.05, 3.63) is 0 Å². The fourth-order valence-electron chi connectivity index (χ4n) is 3.22. The molecule has 1 saturated carbocycles. The lowest BCUT2D eigenvalue weighted by atomic mass is 9.96. The maximum absolute atomic E-state index is 12.1. The first-order valence-electron chi connectivity index (χ1n) is 7.32. The van der Waals surface area contributed by atoms with Crippen LogP contribution < -0.4 is 10.6 Å². The van der Waals surface area contributed by atoms with Gasteiger partial charge >= 0.3 is 0 Å². The first kappa shape index (κ1) is 15.8. The number of carbonyl (C=O) groups excluding carboxylic acids is 1. The molecule has 2 aliphatic rings. The van der Waals surface area contributed by atoms with E-state index in [2.05, 4.69) is 17.6 Å². The van der Waals surface area contributed by atoms with Crippen molar-refractivity contribution >= 4 is 18.3 Å². The van der Waals surface area contributed by atoms with Crippen LogP contribution >= 0.6 is 12.4 Å². The van der Waals surface area contributed by atoms with Gasteiger partial charge in [-0.05, 0) is 38.1 Å². The van der Waals surface area contributed by atoms with Crippen LogP contribution in [0, 0.1) is 11.8 Å². The molecule has 2 rings (SSSR count). The lowest BCUT2D eigenvalue weighted by Crippen LogP contribution is -2.41. The van der Waals surface area contributed by atoms with Gasteiger partial charge in [0.05, 0.1) is 5.92 Å². The molecule has 3 atom stereocenters. The summed E-state index contributed by atoms with van der Waals surface area (Å²) < 4.78 is 0. The third-order valence-corrected chi connectivity index (χ3v) is 4.35. The smallest absolute Gasteiger partial charge is 0.224 e. The van der Waals surface area contributed by atoms with Crippen LogP contribution in [-0.4, -0.2) is 25.0 Å². The molecule has 0 bridgehead atoms. The Morgan fingerprint density at radius 1 is 1.33 bits per heavy atom. The second-order valence-electron chi connectivity index (χ2n) is 5.64. The molecule has 1 aliphatic heterocycles. The van der Waals surface area contributed by atoms with Crippen LogP contribution in [0.15, 0.2) is 0 Å². The Balaban J connectivity index is 0.00000162. The molecule has 0 spiro atoms. The second kappa shape index (κ2) is 8.00. The molecule has 0 aromatic carbocycles. The highest BCUT2D eigenvalue weighted by Gasteiger charge is 2.30. The van der Waals surface area contributed by atoms with Gasteiger partial charge in [0.1, 0.15) is 0 Å². The van der Waals surface area contributed by atoms with Gasteiger partial charge in [-0.15, -0.1) is 12.4 Å². The van der Waals surface area contributed by atoms with Crippen LogP contribution in [0.25, 0.3) is 0 Å². The molecular weight excluding hydrogens is 248 g/mol. The first-order valence-corrected chi connectivity index (χ1v) is 7.32. The van der Waals surface area contributed by atoms with Gasteiger partial charge in [0.2, 0.25) is 5.91 Å². The maximum atomic E-state index is 12.1. The molecule has 1 amide bonds. The van der Waals surface area contributed by atoms with Crippen molar-refractivity contribution in [2.45, 2.75) is 57.9 Å². The molecule has 4 heteroatoms. The molecule has 3 nitrogen and oxygen atoms in total. The zero-order valence-corrected chi connectivity index (χ0v) is 12.2. The molecule has 1 aliphatic carbocycles. The van der Waals surface area contributed by atoms with E-state index >= 15 is 0 Å². The SMILES string of the molecule is CCCCC1CCCC1NC(=O)C1CCNC1.Cl. The molecule has 1 heterocycles. The van der Waals surface area contributed by atoms with Crippen molar-refractivity contribution < 1.29 is 4.79 Å². The Kier molecular flexibility index (Phi) is 7.02. The normalized spacial score (nSPS) is 31.1. The summed E-state index contributed by atoms with van der Waals surface area (Å²) in [5.74, 6) is 1.26. The summed E-state index contributed by atoms with van der Waals surface area (Å²) in [7, 11) is 0. The Hall–Kier alpha value is -0.280. The second-order valence-corrected chi connectivity index (χ2v) is 5.64. The molecule has 2 fully saturated rings. The van der Waals surface area contributed by atoms with E-state index in [0.29, 0.717) is 11.9 Å². The van der Waals surface area contributed by atoms with E-state index in [-0.39, 0.29) is 18.3 Å². The summed E-state index contributed by atoms with van der Waals surface area (Å²) in [6.45, 7) is 4.12. The molecule has 3 unspecified atom stereocenters. The standard InChI is InChI=1S/C14H26N2O.ClH/c1-2-3-5-11-6-4-7-13(11)16-14(17)12-8-9-15-10-12;/h11-13,15H,2-10H2,1H3,(H,16,17);1H. The van der Waals surface area contributed by atoms with E-state index < -0.39 is 0 Å². The third-order valence-electron chi connectivity index (χ3n) is 4.35. The van der Waals surface area contributed by atoms with Gasteiger partial charge in [-0.3, -0.25) is 4.79 Å². The lowest BCUT2D eigenvalue weighted by molar-refractivity contribution is -0.125. The summed E-state index contributed by atoms with van der Waals surface area (Å²) >= 11 is 0. The minimum Gasteiger partial charge on any atom is -0.353 e. The van der Waals surface area contributed by atoms with Crippen LogP contribution in [0.2, 0.25) is 0 Å². The Morgan fingerprint density at radius 3 is 2.83 bits per heavy atom. The number of amides is 1. The highest BCUT2D eigenvalue weighted by atomic mass is 35.5. The number of hydrogen-bond acceptors (Lipinski definition) is 2. The van der Waals surface area contributed by atoms with Crippen molar-refractivity contribution in [1.29, 1.82) is 0 Å². The summed E-state index contributed by atoms with van der Waals surface area (Å²) in [6.07, 6.45) is 8.69. The molecule has 0 aromatic heterocycles. The monoisotopic (exact) mass is 274 g/mol. The molecule has 1 saturated heterocycles. The van der Waals surface area contributed by atoms with Crippen molar-refractivity contribution in [2.75, 3.05) is 13.1 Å².